The van der Waals surface area contributed by atoms with Crippen molar-refractivity contribution in [2.24, 2.45) is 0 Å². The maximum atomic E-state index is 9.60. The van der Waals surface area contributed by atoms with Crippen molar-refractivity contribution in [3.05, 3.63) is 35.4 Å². The van der Waals surface area contributed by atoms with E-state index < -0.39 is 6.10 Å². The van der Waals surface area contributed by atoms with Crippen molar-refractivity contribution in [2.45, 2.75) is 45.3 Å². The summed E-state index contributed by atoms with van der Waals surface area (Å²) in [4.78, 5) is 0. The molecule has 0 heterocycles. The van der Waals surface area contributed by atoms with Gasteiger partial charge in [-0.15, -0.1) is 0 Å². The fraction of sp³-hybridized carbons (Fsp3) is 0.625. The van der Waals surface area contributed by atoms with Crippen LogP contribution in [-0.2, 0) is 11.2 Å². The SMILES string of the molecule is CCCCc1ccc(C(C)NCC(O)COC)cc1. The third kappa shape index (κ3) is 6.19. The Morgan fingerprint density at radius 2 is 1.95 bits per heavy atom. The van der Waals surface area contributed by atoms with Crippen LogP contribution in [0.4, 0.5) is 0 Å². The Balaban J connectivity index is 2.41. The number of aryl methyl sites for hydroxylation is 1. The van der Waals surface area contributed by atoms with Gasteiger partial charge in [0.2, 0.25) is 0 Å². The molecule has 0 spiro atoms. The molecule has 0 aliphatic carbocycles. The number of rotatable bonds is 9. The highest BCUT2D eigenvalue weighted by atomic mass is 16.5. The Morgan fingerprint density at radius 3 is 2.53 bits per heavy atom. The van der Waals surface area contributed by atoms with Crippen LogP contribution in [0.15, 0.2) is 24.3 Å². The van der Waals surface area contributed by atoms with Crippen molar-refractivity contribution >= 4 is 0 Å². The summed E-state index contributed by atoms with van der Waals surface area (Å²) in [7, 11) is 1.60. The fourth-order valence-corrected chi connectivity index (χ4v) is 2.04. The lowest BCUT2D eigenvalue weighted by molar-refractivity contribution is 0.0630. The van der Waals surface area contributed by atoms with Gasteiger partial charge in [0.05, 0.1) is 12.7 Å². The van der Waals surface area contributed by atoms with E-state index in [4.69, 9.17) is 4.74 Å². The molecule has 2 unspecified atom stereocenters. The van der Waals surface area contributed by atoms with Crippen molar-refractivity contribution < 1.29 is 9.84 Å². The van der Waals surface area contributed by atoms with Crippen molar-refractivity contribution in [1.82, 2.24) is 5.32 Å². The maximum absolute atomic E-state index is 9.60. The Hall–Kier alpha value is -0.900. The second-order valence-electron chi connectivity index (χ2n) is 5.08. The first-order chi connectivity index (χ1) is 9.17. The van der Waals surface area contributed by atoms with Gasteiger partial charge in [0.25, 0.3) is 0 Å². The van der Waals surface area contributed by atoms with Gasteiger partial charge < -0.3 is 15.2 Å². The number of benzene rings is 1. The normalized spacial score (nSPS) is 14.3. The first-order valence-corrected chi connectivity index (χ1v) is 7.16. The average molecular weight is 265 g/mol. The van der Waals surface area contributed by atoms with Gasteiger partial charge in [-0.2, -0.15) is 0 Å². The Morgan fingerprint density at radius 1 is 1.26 bits per heavy atom. The summed E-state index contributed by atoms with van der Waals surface area (Å²) < 4.78 is 4.90. The zero-order valence-electron chi connectivity index (χ0n) is 12.4. The van der Waals surface area contributed by atoms with Crippen LogP contribution in [0, 0.1) is 0 Å². The molecule has 0 radical (unpaired) electrons. The first kappa shape index (κ1) is 16.2. The largest absolute Gasteiger partial charge is 0.389 e. The van der Waals surface area contributed by atoms with Crippen LogP contribution in [-0.4, -0.2) is 31.5 Å². The van der Waals surface area contributed by atoms with Crippen molar-refractivity contribution in [3.63, 3.8) is 0 Å². The number of aliphatic hydroxyl groups is 1. The van der Waals surface area contributed by atoms with E-state index in [1.54, 1.807) is 7.11 Å². The highest BCUT2D eigenvalue weighted by Gasteiger charge is 2.08. The lowest BCUT2D eigenvalue weighted by Gasteiger charge is -2.17. The van der Waals surface area contributed by atoms with Gasteiger partial charge >= 0.3 is 0 Å². The van der Waals surface area contributed by atoms with Gasteiger partial charge in [0.1, 0.15) is 0 Å². The van der Waals surface area contributed by atoms with E-state index in [1.807, 2.05) is 0 Å². The monoisotopic (exact) mass is 265 g/mol. The maximum Gasteiger partial charge on any atom is 0.0897 e. The topological polar surface area (TPSA) is 41.5 Å². The van der Waals surface area contributed by atoms with Crippen LogP contribution in [0.3, 0.4) is 0 Å². The molecule has 1 rings (SSSR count). The molecule has 2 N–H and O–H groups in total. The molecule has 2 atom stereocenters. The minimum absolute atomic E-state index is 0.242. The van der Waals surface area contributed by atoms with E-state index >= 15 is 0 Å². The van der Waals surface area contributed by atoms with Crippen molar-refractivity contribution in [3.8, 4) is 0 Å². The molecule has 0 saturated carbocycles. The predicted octanol–water partition coefficient (Wildman–Crippen LogP) is 2.69. The molecular weight excluding hydrogens is 238 g/mol. The molecule has 108 valence electrons. The molecule has 3 heteroatoms. The predicted molar refractivity (Wildman–Crippen MR) is 79.4 cm³/mol. The van der Waals surface area contributed by atoms with Crippen LogP contribution < -0.4 is 5.32 Å². The summed E-state index contributed by atoms with van der Waals surface area (Å²) in [5.41, 5.74) is 2.65. The highest BCUT2D eigenvalue weighted by molar-refractivity contribution is 5.24. The number of hydrogen-bond donors (Lipinski definition) is 2. The zero-order chi connectivity index (χ0) is 14.1. The molecule has 0 saturated heterocycles. The van der Waals surface area contributed by atoms with E-state index in [0.29, 0.717) is 13.2 Å². The van der Waals surface area contributed by atoms with Crippen LogP contribution in [0.25, 0.3) is 0 Å². The quantitative estimate of drug-likeness (QED) is 0.721. The Bertz CT molecular complexity index is 337. The van der Waals surface area contributed by atoms with Gasteiger partial charge in [-0.1, -0.05) is 37.6 Å². The summed E-state index contributed by atoms with van der Waals surface area (Å²) in [6.45, 7) is 5.24. The van der Waals surface area contributed by atoms with E-state index in [-0.39, 0.29) is 6.04 Å². The number of nitrogens with one attached hydrogen (secondary N) is 1. The summed E-state index contributed by atoms with van der Waals surface area (Å²) >= 11 is 0. The third-order valence-electron chi connectivity index (χ3n) is 3.32. The molecule has 1 aromatic rings. The number of methoxy groups -OCH3 is 1. The fourth-order valence-electron chi connectivity index (χ4n) is 2.04. The molecule has 3 nitrogen and oxygen atoms in total. The van der Waals surface area contributed by atoms with Gasteiger partial charge in [0.15, 0.2) is 0 Å². The Kier molecular flexibility index (Phi) is 7.72. The molecule has 0 aliphatic heterocycles. The van der Waals surface area contributed by atoms with E-state index in [1.165, 1.54) is 24.0 Å². The van der Waals surface area contributed by atoms with E-state index in [9.17, 15) is 5.11 Å². The number of ether oxygens (including phenoxy) is 1. The summed E-state index contributed by atoms with van der Waals surface area (Å²) in [6.07, 6.45) is 3.19. The van der Waals surface area contributed by atoms with Crippen LogP contribution >= 0.6 is 0 Å². The first-order valence-electron chi connectivity index (χ1n) is 7.16. The van der Waals surface area contributed by atoms with Gasteiger partial charge in [-0.25, -0.2) is 0 Å². The van der Waals surface area contributed by atoms with Crippen LogP contribution in [0.2, 0.25) is 0 Å². The van der Waals surface area contributed by atoms with E-state index in [2.05, 4.69) is 43.4 Å². The minimum atomic E-state index is -0.448. The molecular formula is C16H27NO2. The third-order valence-corrected chi connectivity index (χ3v) is 3.32. The molecule has 0 fully saturated rings. The second-order valence-corrected chi connectivity index (χ2v) is 5.08. The summed E-state index contributed by atoms with van der Waals surface area (Å²) in [5, 5.41) is 12.9. The van der Waals surface area contributed by atoms with Crippen LogP contribution in [0.1, 0.15) is 43.9 Å². The zero-order valence-corrected chi connectivity index (χ0v) is 12.4. The lowest BCUT2D eigenvalue weighted by atomic mass is 10.0. The van der Waals surface area contributed by atoms with Gasteiger partial charge in [0, 0.05) is 19.7 Å². The number of hydrogen-bond acceptors (Lipinski definition) is 3. The molecule has 1 aromatic carbocycles. The molecule has 0 aliphatic rings. The van der Waals surface area contributed by atoms with Gasteiger partial charge in [-0.05, 0) is 30.9 Å². The standard InChI is InChI=1S/C16H27NO2/c1-4-5-6-14-7-9-15(10-8-14)13(2)17-11-16(18)12-19-3/h7-10,13,16-18H,4-6,11-12H2,1-3H3. The molecule has 0 bridgehead atoms. The molecule has 19 heavy (non-hydrogen) atoms. The average Bonchev–Trinajstić information content (AvgIpc) is 2.43. The van der Waals surface area contributed by atoms with E-state index in [0.717, 1.165) is 6.42 Å². The Labute approximate surface area is 117 Å². The van der Waals surface area contributed by atoms with Crippen molar-refractivity contribution in [2.75, 3.05) is 20.3 Å². The number of unbranched alkanes of at least 4 members (excludes halogenated alkanes) is 1. The van der Waals surface area contributed by atoms with Crippen molar-refractivity contribution in [1.29, 1.82) is 0 Å². The summed E-state index contributed by atoms with van der Waals surface area (Å²) in [6, 6.07) is 8.99. The van der Waals surface area contributed by atoms with Gasteiger partial charge in [-0.3, -0.25) is 0 Å². The molecule has 0 aromatic heterocycles. The van der Waals surface area contributed by atoms with Crippen LogP contribution in [0.5, 0.6) is 0 Å². The summed E-state index contributed by atoms with van der Waals surface area (Å²) in [5.74, 6) is 0. The molecule has 0 amide bonds. The smallest absolute Gasteiger partial charge is 0.0897 e. The highest BCUT2D eigenvalue weighted by Crippen LogP contribution is 2.14. The second kappa shape index (κ2) is 9.08. The minimum Gasteiger partial charge on any atom is -0.389 e. The number of aliphatic hydroxyl groups excluding tert-OH is 1. The lowest BCUT2D eigenvalue weighted by Crippen LogP contribution is -2.31.